The molecule has 139 heavy (non-hydrogen) atoms. The number of ether oxygens (including phenoxy) is 6. The molecule has 1 fully saturated rings. The molecule has 0 saturated heterocycles. The number of rotatable bonds is 23. The van der Waals surface area contributed by atoms with E-state index < -0.39 is 12.8 Å². The Morgan fingerprint density at radius 2 is 0.597 bits per heavy atom. The molecule has 0 unspecified atom stereocenters. The maximum Gasteiger partial charge on any atom is 0.422 e. The third kappa shape index (κ3) is 23.0. The van der Waals surface area contributed by atoms with Crippen LogP contribution in [0.1, 0.15) is 26.7 Å². The van der Waals surface area contributed by atoms with Crippen LogP contribution >= 0.6 is 0 Å². The average Bonchev–Trinajstić information content (AvgIpc) is 1.78. The fourth-order valence-corrected chi connectivity index (χ4v) is 15.5. The zero-order chi connectivity index (χ0) is 96.1. The lowest BCUT2D eigenvalue weighted by Crippen LogP contribution is -2.19. The highest BCUT2D eigenvalue weighted by molar-refractivity contribution is 5.99. The summed E-state index contributed by atoms with van der Waals surface area (Å²) in [5.74, 6) is 6.19. The first-order valence-electron chi connectivity index (χ1n) is 44.2. The third-order valence-electron chi connectivity index (χ3n) is 22.3. The Morgan fingerprint density at radius 1 is 0.317 bits per heavy atom. The van der Waals surface area contributed by atoms with Gasteiger partial charge in [0, 0.05) is 121 Å². The highest BCUT2D eigenvalue weighted by atomic mass is 19.4. The molecule has 0 radical (unpaired) electrons. The Labute approximate surface area is 796 Å². The average molecular weight is 1850 g/mol. The quantitative estimate of drug-likeness (QED) is 0.0371. The second kappa shape index (κ2) is 43.3. The number of hydrogen-bond donors (Lipinski definition) is 5. The van der Waals surface area contributed by atoms with Crippen LogP contribution in [-0.4, -0.2) is 127 Å². The topological polar surface area (TPSA) is 403 Å². The van der Waals surface area contributed by atoms with E-state index >= 15 is 0 Å². The monoisotopic (exact) mass is 1850 g/mol. The molecule has 1 saturated carbocycles. The Kier molecular flexibility index (Phi) is 28.9. The molecule has 0 amide bonds. The molecular formula is C109H90F3N21O6. The number of hydrogen-bond acceptors (Lipinski definition) is 27. The predicted molar refractivity (Wildman–Crippen MR) is 537 cm³/mol. The third-order valence-corrected chi connectivity index (χ3v) is 22.3. The molecule has 0 aliphatic heterocycles. The maximum absolute atomic E-state index is 12.5. The van der Waals surface area contributed by atoms with Crippen molar-refractivity contribution in [3.63, 3.8) is 0 Å². The summed E-state index contributed by atoms with van der Waals surface area (Å²) in [6, 6.07) is 89.0. The number of nitrogen functional groups attached to an aromatic ring is 5. The van der Waals surface area contributed by atoms with Gasteiger partial charge in [0.25, 0.3) is 0 Å². The molecule has 20 aromatic rings. The van der Waals surface area contributed by atoms with Gasteiger partial charge in [0.2, 0.25) is 0 Å². The van der Waals surface area contributed by atoms with E-state index in [0.717, 1.165) is 174 Å². The summed E-state index contributed by atoms with van der Waals surface area (Å²) < 4.78 is 70.2. The predicted octanol–water partition coefficient (Wildman–Crippen LogP) is 22.1. The Balaban J connectivity index is 0.000000120. The largest absolute Gasteiger partial charge is 0.493 e. The molecule has 0 atom stereocenters. The molecule has 10 N–H and O–H groups in total. The van der Waals surface area contributed by atoms with Gasteiger partial charge in [-0.3, -0.25) is 24.9 Å². The van der Waals surface area contributed by atoms with Gasteiger partial charge < -0.3 is 57.1 Å². The SMILES string of the molecule is CC(C)Oc1cccc(-c2ncccc2-c2ccc3ncnc(N)c3c2)c1.COCCOc1cccc(-c2ncccc2-c2ccc3ncnc(N)c3c2)c1.N#CCOc1cccc(-c2ncccc2-c2ccc3ncnc(N)c3c2)c1.Nc1ncnc2ccc(-c3cccnc3-c3cccc(OCC(F)(F)F)c3)cc12.Nc1ncnc2ccc(-c3cccnc3-c3cccc(OCC4CC4)c3)cc12. The lowest BCUT2D eigenvalue weighted by Gasteiger charge is -2.13. The van der Waals surface area contributed by atoms with E-state index in [0.29, 0.717) is 70.2 Å². The lowest BCUT2D eigenvalue weighted by atomic mass is 9.98. The Hall–Kier alpha value is -18.1. The van der Waals surface area contributed by atoms with Gasteiger partial charge in [0.1, 0.15) is 102 Å². The minimum atomic E-state index is -4.40. The van der Waals surface area contributed by atoms with Crippen molar-refractivity contribution in [1.29, 1.82) is 5.26 Å². The Morgan fingerprint density at radius 3 is 0.878 bits per heavy atom. The van der Waals surface area contributed by atoms with Crippen molar-refractivity contribution < 1.29 is 41.6 Å². The van der Waals surface area contributed by atoms with Gasteiger partial charge in [-0.1, -0.05) is 121 Å². The number of methoxy groups -OCH3 is 1. The van der Waals surface area contributed by atoms with Crippen molar-refractivity contribution in [1.82, 2.24) is 74.8 Å². The molecule has 10 heterocycles. The van der Waals surface area contributed by atoms with Crippen LogP contribution in [0, 0.1) is 17.2 Å². The molecule has 688 valence electrons. The summed E-state index contributed by atoms with van der Waals surface area (Å²) in [4.78, 5) is 64.6. The number of anilines is 5. The fourth-order valence-electron chi connectivity index (χ4n) is 15.5. The molecule has 10 aromatic carbocycles. The van der Waals surface area contributed by atoms with Crippen LogP contribution in [0.25, 0.3) is 166 Å². The van der Waals surface area contributed by atoms with Gasteiger partial charge in [0.05, 0.1) is 75.4 Å². The van der Waals surface area contributed by atoms with Gasteiger partial charge in [0.15, 0.2) is 13.2 Å². The summed E-state index contributed by atoms with van der Waals surface area (Å²) in [5, 5.41) is 12.7. The normalized spacial score (nSPS) is 11.5. The highest BCUT2D eigenvalue weighted by Gasteiger charge is 2.29. The number of nitrogens with zero attached hydrogens (tertiary/aromatic N) is 16. The summed E-state index contributed by atoms with van der Waals surface area (Å²) in [7, 11) is 1.65. The highest BCUT2D eigenvalue weighted by Crippen LogP contribution is 2.42. The van der Waals surface area contributed by atoms with Crippen molar-refractivity contribution >= 4 is 83.6 Å². The number of aromatic nitrogens is 15. The van der Waals surface area contributed by atoms with Gasteiger partial charge in [-0.25, -0.2) is 49.8 Å². The number of nitriles is 1. The zero-order valence-corrected chi connectivity index (χ0v) is 75.5. The standard InChI is InChI=1S/C23H20N4O.C22H20N4O2.C22H20N4O.C21H15F3N4O.C21H15N5O/c24-23-20-12-16(8-9-21(20)26-14-27-23)19-5-2-10-25-22(19)17-3-1-4-18(11-17)28-13-15-6-7-15;1-27-10-11-28-17-5-2-4-16(12-17)21-18(6-3-9-24-21)15-7-8-20-19(13-15)22(23)26-14-25-20;1-14(2)27-17-6-3-5-16(11-17)21-18(7-4-10-24-21)15-8-9-20-19(12-15)22(23)26-13-25-20;22-21(23,24)11-29-15-4-1-3-14(9-15)19-16(5-2-8-26-19)13-6-7-18-17(10-13)20(25)28-12-27-18;22-8-10-27-16-4-1-3-15(11-16)20-17(5-2-9-24-20)14-6-7-19-18(12-14)21(23)26-13-25-19/h1-5,8-12,14-15H,6-7,13H2,(H2,24,26,27);2-9,12-14H,10-11H2,1H3,(H2,23,25,26);3-14H,1-2H3,(H2,23,25,26);1-10,12H,11H2,(H2,25,27,28);1-7,9,11-13H,10H2,(H2,23,25,26). The van der Waals surface area contributed by atoms with E-state index in [1.807, 2.05) is 245 Å². The minimum Gasteiger partial charge on any atom is -0.493 e. The molecule has 1 aliphatic rings. The molecular weight excluding hydrogens is 1760 g/mol. The van der Waals surface area contributed by atoms with Crippen molar-refractivity contribution in [2.75, 3.05) is 68.8 Å². The summed E-state index contributed by atoms with van der Waals surface area (Å²) in [6.07, 6.45) is 14.3. The van der Waals surface area contributed by atoms with Crippen molar-refractivity contribution in [2.24, 2.45) is 5.92 Å². The van der Waals surface area contributed by atoms with Crippen LogP contribution in [0.4, 0.5) is 42.3 Å². The van der Waals surface area contributed by atoms with E-state index in [2.05, 4.69) is 99.0 Å². The summed E-state index contributed by atoms with van der Waals surface area (Å²) >= 11 is 0. The van der Waals surface area contributed by atoms with Crippen LogP contribution in [0.2, 0.25) is 0 Å². The van der Waals surface area contributed by atoms with Gasteiger partial charge >= 0.3 is 6.18 Å². The second-order valence-electron chi connectivity index (χ2n) is 32.2. The number of benzene rings is 10. The first-order chi connectivity index (χ1) is 67.8. The molecule has 30 heteroatoms. The molecule has 1 aliphatic carbocycles. The maximum atomic E-state index is 12.5. The van der Waals surface area contributed by atoms with E-state index in [9.17, 15) is 13.2 Å². The second-order valence-corrected chi connectivity index (χ2v) is 32.2. The number of alkyl halides is 3. The van der Waals surface area contributed by atoms with Crippen molar-refractivity contribution in [3.8, 4) is 147 Å². The lowest BCUT2D eigenvalue weighted by molar-refractivity contribution is -0.153. The van der Waals surface area contributed by atoms with Crippen LogP contribution < -0.4 is 52.4 Å². The molecule has 0 bridgehead atoms. The van der Waals surface area contributed by atoms with Gasteiger partial charge in [-0.05, 0) is 212 Å². The number of fused-ring (bicyclic) bond motifs is 5. The van der Waals surface area contributed by atoms with Crippen LogP contribution in [-0.2, 0) is 4.74 Å². The molecule has 21 rings (SSSR count). The van der Waals surface area contributed by atoms with Crippen LogP contribution in [0.3, 0.4) is 0 Å². The van der Waals surface area contributed by atoms with E-state index in [1.165, 1.54) is 56.6 Å². The number of nitrogens with two attached hydrogens (primary N) is 5. The summed E-state index contributed by atoms with van der Waals surface area (Å²) in [5.41, 5.74) is 52.4. The smallest absolute Gasteiger partial charge is 0.422 e. The van der Waals surface area contributed by atoms with Crippen LogP contribution in [0.15, 0.2) is 336 Å². The molecule has 10 aromatic heterocycles. The Bertz CT molecular complexity index is 7850. The molecule has 0 spiro atoms. The first kappa shape index (κ1) is 92.7. The van der Waals surface area contributed by atoms with Gasteiger partial charge in [-0.2, -0.15) is 18.4 Å². The summed E-state index contributed by atoms with van der Waals surface area (Å²) in [6.45, 7) is 4.51. The number of halogens is 3. The van der Waals surface area contributed by atoms with E-state index in [-0.39, 0.29) is 18.5 Å². The number of pyridine rings is 5. The molecule has 27 nitrogen and oxygen atoms in total. The first-order valence-corrected chi connectivity index (χ1v) is 44.2. The van der Waals surface area contributed by atoms with Crippen molar-refractivity contribution in [3.05, 3.63) is 336 Å². The fraction of sp³-hybridized carbons (Fsp3) is 0.119. The van der Waals surface area contributed by atoms with Crippen molar-refractivity contribution in [2.45, 2.75) is 39.0 Å². The van der Waals surface area contributed by atoms with E-state index in [1.54, 1.807) is 50.1 Å². The van der Waals surface area contributed by atoms with Crippen LogP contribution in [0.5, 0.6) is 28.7 Å². The zero-order valence-electron chi connectivity index (χ0n) is 75.5. The minimum absolute atomic E-state index is 0.00246. The van der Waals surface area contributed by atoms with Gasteiger partial charge in [-0.15, -0.1) is 0 Å². The van der Waals surface area contributed by atoms with E-state index in [4.69, 9.17) is 62.4 Å².